The van der Waals surface area contributed by atoms with Gasteiger partial charge in [-0.3, -0.25) is 9.69 Å². The number of carboxylic acid groups (broad SMARTS) is 1. The van der Waals surface area contributed by atoms with E-state index >= 15 is 0 Å². The first-order valence-electron chi connectivity index (χ1n) is 6.11. The number of carboxylic acids is 1. The number of para-hydroxylation sites is 1. The zero-order valence-corrected chi connectivity index (χ0v) is 10.6. The second-order valence-electron chi connectivity index (χ2n) is 4.60. The van der Waals surface area contributed by atoms with Crippen LogP contribution in [0.25, 0.3) is 0 Å². The van der Waals surface area contributed by atoms with Crippen LogP contribution in [-0.4, -0.2) is 41.8 Å². The topological polar surface area (TPSA) is 49.8 Å². The van der Waals surface area contributed by atoms with Crippen LogP contribution in [0.5, 0.6) is 5.75 Å². The van der Waals surface area contributed by atoms with Crippen LogP contribution in [0, 0.1) is 0 Å². The molecule has 1 aliphatic rings. The third-order valence-electron chi connectivity index (χ3n) is 3.09. The molecule has 7 heteroatoms. The highest BCUT2D eigenvalue weighted by Crippen LogP contribution is 2.36. The van der Waals surface area contributed by atoms with Crippen LogP contribution < -0.4 is 4.74 Å². The zero-order valence-electron chi connectivity index (χ0n) is 10.6. The van der Waals surface area contributed by atoms with Crippen molar-refractivity contribution in [3.63, 3.8) is 0 Å². The Labute approximate surface area is 113 Å². The number of rotatable bonds is 4. The second-order valence-corrected chi connectivity index (χ2v) is 4.60. The molecule has 4 nitrogen and oxygen atoms in total. The molecule has 0 fully saturated rings. The molecule has 110 valence electrons. The summed E-state index contributed by atoms with van der Waals surface area (Å²) >= 11 is 0. The van der Waals surface area contributed by atoms with E-state index in [1.54, 1.807) is 24.3 Å². The maximum Gasteiger partial charge on any atom is 0.401 e. The van der Waals surface area contributed by atoms with Gasteiger partial charge in [0.1, 0.15) is 5.75 Å². The van der Waals surface area contributed by atoms with Gasteiger partial charge in [-0.2, -0.15) is 13.2 Å². The predicted molar refractivity (Wildman–Crippen MR) is 64.6 cm³/mol. The highest BCUT2D eigenvalue weighted by Gasteiger charge is 2.37. The van der Waals surface area contributed by atoms with Gasteiger partial charge < -0.3 is 9.84 Å². The maximum absolute atomic E-state index is 12.6. The molecule has 0 radical (unpaired) electrons. The van der Waals surface area contributed by atoms with E-state index in [0.29, 0.717) is 17.7 Å². The summed E-state index contributed by atoms with van der Waals surface area (Å²) in [6.07, 6.45) is -4.11. The molecule has 1 aromatic carbocycles. The number of hydrogen-bond donors (Lipinski definition) is 1. The quantitative estimate of drug-likeness (QED) is 0.925. The summed E-state index contributed by atoms with van der Waals surface area (Å²) in [5.41, 5.74) is 0.601. The lowest BCUT2D eigenvalue weighted by Gasteiger charge is -2.35. The van der Waals surface area contributed by atoms with Gasteiger partial charge in [-0.1, -0.05) is 18.2 Å². The van der Waals surface area contributed by atoms with Crippen LogP contribution in [-0.2, 0) is 4.79 Å². The molecule has 1 atom stereocenters. The molecule has 0 saturated heterocycles. The number of ether oxygens (including phenoxy) is 1. The second kappa shape index (κ2) is 5.70. The molecule has 0 aromatic heterocycles. The Morgan fingerprint density at radius 2 is 2.10 bits per heavy atom. The summed E-state index contributed by atoms with van der Waals surface area (Å²) in [5, 5.41) is 8.82. The van der Waals surface area contributed by atoms with Gasteiger partial charge in [0.25, 0.3) is 0 Å². The van der Waals surface area contributed by atoms with Gasteiger partial charge in [-0.05, 0) is 6.07 Å². The van der Waals surface area contributed by atoms with Crippen molar-refractivity contribution in [2.45, 2.75) is 18.6 Å². The average Bonchev–Trinajstić information content (AvgIpc) is 2.35. The Balaban J connectivity index is 2.27. The van der Waals surface area contributed by atoms with Crippen LogP contribution >= 0.6 is 0 Å². The molecule has 1 unspecified atom stereocenters. The van der Waals surface area contributed by atoms with Crippen LogP contribution in [0.15, 0.2) is 24.3 Å². The molecular formula is C13H14F3NO3. The number of carbonyl (C=O) groups is 1. The fourth-order valence-corrected chi connectivity index (χ4v) is 2.38. The monoisotopic (exact) mass is 289 g/mol. The van der Waals surface area contributed by atoms with Crippen molar-refractivity contribution in [2.75, 3.05) is 19.7 Å². The van der Waals surface area contributed by atoms with Crippen molar-refractivity contribution in [1.82, 2.24) is 4.90 Å². The lowest BCUT2D eigenvalue weighted by Crippen LogP contribution is -2.42. The molecule has 2 rings (SSSR count). The molecule has 1 heterocycles. The third kappa shape index (κ3) is 3.63. The number of aliphatic carboxylic acids is 1. The molecule has 0 spiro atoms. The third-order valence-corrected chi connectivity index (χ3v) is 3.09. The molecule has 20 heavy (non-hydrogen) atoms. The Hall–Kier alpha value is -1.76. The van der Waals surface area contributed by atoms with Gasteiger partial charge in [-0.25, -0.2) is 0 Å². The predicted octanol–water partition coefficient (Wildman–Crippen LogP) is 2.46. The molecule has 0 saturated carbocycles. The van der Waals surface area contributed by atoms with Crippen molar-refractivity contribution >= 4 is 5.97 Å². The van der Waals surface area contributed by atoms with E-state index in [1.807, 2.05) is 0 Å². The fourth-order valence-electron chi connectivity index (χ4n) is 2.38. The van der Waals surface area contributed by atoms with Crippen molar-refractivity contribution in [3.8, 4) is 5.75 Å². The molecular weight excluding hydrogens is 275 g/mol. The minimum absolute atomic E-state index is 0.273. The fraction of sp³-hybridized carbons (Fsp3) is 0.462. The summed E-state index contributed by atoms with van der Waals surface area (Å²) < 4.78 is 43.2. The van der Waals surface area contributed by atoms with Gasteiger partial charge >= 0.3 is 12.1 Å². The van der Waals surface area contributed by atoms with Gasteiger partial charge in [0.05, 0.1) is 19.7 Å². The van der Waals surface area contributed by atoms with E-state index in [-0.39, 0.29) is 6.61 Å². The van der Waals surface area contributed by atoms with E-state index in [0.717, 1.165) is 4.90 Å². The minimum Gasteiger partial charge on any atom is -0.493 e. The SMILES string of the molecule is O=C(O)CN(CC(F)(F)F)C1CCOc2ccccc21. The lowest BCUT2D eigenvalue weighted by molar-refractivity contribution is -0.159. The molecule has 1 aromatic rings. The summed E-state index contributed by atoms with van der Waals surface area (Å²) in [6.45, 7) is -1.63. The first-order chi connectivity index (χ1) is 9.37. The number of benzene rings is 1. The lowest BCUT2D eigenvalue weighted by atomic mass is 9.99. The van der Waals surface area contributed by atoms with E-state index in [2.05, 4.69) is 0 Å². The molecule has 0 bridgehead atoms. The summed E-state index contributed by atoms with van der Waals surface area (Å²) in [7, 11) is 0. The average molecular weight is 289 g/mol. The van der Waals surface area contributed by atoms with E-state index in [1.165, 1.54) is 0 Å². The Bertz CT molecular complexity index is 490. The molecule has 0 aliphatic carbocycles. The van der Waals surface area contributed by atoms with E-state index < -0.39 is 31.3 Å². The number of fused-ring (bicyclic) bond motifs is 1. The Morgan fingerprint density at radius 1 is 1.40 bits per heavy atom. The first kappa shape index (κ1) is 14.6. The normalized spacial score (nSPS) is 18.5. The van der Waals surface area contributed by atoms with Crippen molar-refractivity contribution in [1.29, 1.82) is 0 Å². The largest absolute Gasteiger partial charge is 0.493 e. The number of halogens is 3. The summed E-state index contributed by atoms with van der Waals surface area (Å²) in [4.78, 5) is 11.7. The van der Waals surface area contributed by atoms with Crippen LogP contribution in [0.2, 0.25) is 0 Å². The van der Waals surface area contributed by atoms with Crippen molar-refractivity contribution < 1.29 is 27.8 Å². The number of nitrogens with zero attached hydrogens (tertiary/aromatic N) is 1. The van der Waals surface area contributed by atoms with Gasteiger partial charge in [0.2, 0.25) is 0 Å². The van der Waals surface area contributed by atoms with E-state index in [4.69, 9.17) is 9.84 Å². The Morgan fingerprint density at radius 3 is 2.75 bits per heavy atom. The van der Waals surface area contributed by atoms with Crippen LogP contribution in [0.1, 0.15) is 18.0 Å². The minimum atomic E-state index is -4.44. The number of hydrogen-bond acceptors (Lipinski definition) is 3. The van der Waals surface area contributed by atoms with E-state index in [9.17, 15) is 18.0 Å². The molecule has 0 amide bonds. The molecule has 1 N–H and O–H groups in total. The van der Waals surface area contributed by atoms with Crippen molar-refractivity contribution in [2.24, 2.45) is 0 Å². The highest BCUT2D eigenvalue weighted by atomic mass is 19.4. The smallest absolute Gasteiger partial charge is 0.401 e. The van der Waals surface area contributed by atoms with Gasteiger partial charge in [0, 0.05) is 18.0 Å². The standard InChI is InChI=1S/C13H14F3NO3/c14-13(15,16)8-17(7-12(18)19)10-5-6-20-11-4-2-1-3-9(10)11/h1-4,10H,5-8H2,(H,18,19). The summed E-state index contributed by atoms with van der Waals surface area (Å²) in [5.74, 6) is -0.764. The van der Waals surface area contributed by atoms with Crippen molar-refractivity contribution in [3.05, 3.63) is 29.8 Å². The molecule has 1 aliphatic heterocycles. The van der Waals surface area contributed by atoms with Crippen LogP contribution in [0.3, 0.4) is 0 Å². The zero-order chi connectivity index (χ0) is 14.8. The maximum atomic E-state index is 12.6. The Kier molecular flexibility index (Phi) is 4.17. The van der Waals surface area contributed by atoms with Gasteiger partial charge in [0.15, 0.2) is 0 Å². The number of alkyl halides is 3. The first-order valence-corrected chi connectivity index (χ1v) is 6.11. The highest BCUT2D eigenvalue weighted by molar-refractivity contribution is 5.69. The van der Waals surface area contributed by atoms with Gasteiger partial charge in [-0.15, -0.1) is 0 Å². The summed E-state index contributed by atoms with van der Waals surface area (Å²) in [6, 6.07) is 6.18. The van der Waals surface area contributed by atoms with Crippen LogP contribution in [0.4, 0.5) is 13.2 Å².